The van der Waals surface area contributed by atoms with Crippen molar-refractivity contribution in [2.75, 3.05) is 0 Å². The average Bonchev–Trinajstić information content (AvgIpc) is 2.69. The van der Waals surface area contributed by atoms with Gasteiger partial charge in [-0.25, -0.2) is 0 Å². The van der Waals surface area contributed by atoms with Crippen molar-refractivity contribution in [3.8, 4) is 0 Å². The summed E-state index contributed by atoms with van der Waals surface area (Å²) in [7, 11) is 0. The van der Waals surface area contributed by atoms with Gasteiger partial charge in [0.25, 0.3) is 5.79 Å². The molecule has 4 rings (SSSR count). The highest BCUT2D eigenvalue weighted by atomic mass is 16.7. The molecule has 1 saturated carbocycles. The number of esters is 2. The van der Waals surface area contributed by atoms with Crippen LogP contribution in [0.2, 0.25) is 0 Å². The molecule has 2 aromatic carbocycles. The summed E-state index contributed by atoms with van der Waals surface area (Å²) in [5, 5.41) is 10.9. The monoisotopic (exact) mass is 394 g/mol. The summed E-state index contributed by atoms with van der Waals surface area (Å²) < 4.78 is 11.0. The fraction of sp³-hybridized carbons (Fsp3) is 0.348. The topological polar surface area (TPSA) is 89.9 Å². The van der Waals surface area contributed by atoms with Crippen LogP contribution in [0, 0.1) is 5.41 Å². The number of carbonyl (C=O) groups is 3. The van der Waals surface area contributed by atoms with Gasteiger partial charge < -0.3 is 14.6 Å². The summed E-state index contributed by atoms with van der Waals surface area (Å²) in [6.45, 7) is 2.96. The first-order chi connectivity index (χ1) is 13.8. The van der Waals surface area contributed by atoms with Gasteiger partial charge in [0.1, 0.15) is 6.10 Å². The lowest BCUT2D eigenvalue weighted by Gasteiger charge is -2.51. The molecule has 3 atom stereocenters. The molecule has 6 nitrogen and oxygen atoms in total. The van der Waals surface area contributed by atoms with Gasteiger partial charge in [-0.2, -0.15) is 0 Å². The highest BCUT2D eigenvalue weighted by Gasteiger charge is 2.69. The molecule has 1 aliphatic heterocycles. The van der Waals surface area contributed by atoms with Gasteiger partial charge in [-0.1, -0.05) is 60.7 Å². The van der Waals surface area contributed by atoms with Crippen LogP contribution in [-0.2, 0) is 23.9 Å². The van der Waals surface area contributed by atoms with E-state index in [1.54, 1.807) is 54.6 Å². The van der Waals surface area contributed by atoms with E-state index in [0.29, 0.717) is 11.1 Å². The molecular weight excluding hydrogens is 372 g/mol. The van der Waals surface area contributed by atoms with Crippen LogP contribution in [0.15, 0.2) is 60.7 Å². The third kappa shape index (κ3) is 2.95. The van der Waals surface area contributed by atoms with E-state index in [2.05, 4.69) is 0 Å². The summed E-state index contributed by atoms with van der Waals surface area (Å²) >= 11 is 0. The first-order valence-corrected chi connectivity index (χ1v) is 9.55. The van der Waals surface area contributed by atoms with Crippen molar-refractivity contribution in [2.45, 2.75) is 44.0 Å². The van der Waals surface area contributed by atoms with Crippen molar-refractivity contribution in [3.05, 3.63) is 71.8 Å². The minimum atomic E-state index is -1.87. The van der Waals surface area contributed by atoms with Crippen molar-refractivity contribution in [1.82, 2.24) is 0 Å². The molecule has 1 saturated heterocycles. The second-order valence-corrected chi connectivity index (χ2v) is 8.01. The molecular formula is C23H22O6. The van der Waals surface area contributed by atoms with Crippen molar-refractivity contribution >= 4 is 17.7 Å². The predicted molar refractivity (Wildman–Crippen MR) is 103 cm³/mol. The van der Waals surface area contributed by atoms with E-state index in [1.165, 1.54) is 13.8 Å². The normalized spacial score (nSPS) is 28.0. The van der Waals surface area contributed by atoms with Crippen LogP contribution in [0.25, 0.3) is 0 Å². The van der Waals surface area contributed by atoms with Gasteiger partial charge >= 0.3 is 11.9 Å². The average molecular weight is 394 g/mol. The van der Waals surface area contributed by atoms with E-state index in [9.17, 15) is 19.5 Å². The first kappa shape index (κ1) is 19.3. The fourth-order valence-corrected chi connectivity index (χ4v) is 4.56. The molecule has 2 aliphatic rings. The SMILES string of the molecule is CC1(C)OC(=O)C2(C(=O)O1)[C@@H](c1ccccc1)CC(=O)[C@H](O)[C@H]2c1ccccc1. The summed E-state index contributed by atoms with van der Waals surface area (Å²) in [6.07, 6.45) is -1.70. The Bertz CT molecular complexity index is 930. The molecule has 2 aromatic rings. The van der Waals surface area contributed by atoms with Crippen LogP contribution in [0.4, 0.5) is 0 Å². The summed E-state index contributed by atoms with van der Waals surface area (Å²) in [5.74, 6) is -5.36. The Morgan fingerprint density at radius 2 is 1.31 bits per heavy atom. The lowest BCUT2D eigenvalue weighted by molar-refractivity contribution is -0.258. The lowest BCUT2D eigenvalue weighted by Crippen LogP contribution is -2.64. The maximum Gasteiger partial charge on any atom is 0.328 e. The van der Waals surface area contributed by atoms with E-state index in [1.807, 2.05) is 6.07 Å². The van der Waals surface area contributed by atoms with Crippen LogP contribution in [0.5, 0.6) is 0 Å². The molecule has 150 valence electrons. The van der Waals surface area contributed by atoms with E-state index in [0.717, 1.165) is 0 Å². The van der Waals surface area contributed by atoms with Crippen LogP contribution in [0.1, 0.15) is 43.2 Å². The zero-order valence-electron chi connectivity index (χ0n) is 16.2. The van der Waals surface area contributed by atoms with Gasteiger partial charge in [-0.05, 0) is 11.1 Å². The minimum absolute atomic E-state index is 0.168. The smallest absolute Gasteiger partial charge is 0.328 e. The molecule has 0 amide bonds. The lowest BCUT2D eigenvalue weighted by atomic mass is 9.54. The Balaban J connectivity index is 1.98. The molecule has 1 spiro atoms. The molecule has 1 heterocycles. The second-order valence-electron chi connectivity index (χ2n) is 8.01. The van der Waals surface area contributed by atoms with Crippen molar-refractivity contribution in [2.24, 2.45) is 5.41 Å². The van der Waals surface area contributed by atoms with Gasteiger partial charge in [0.15, 0.2) is 11.2 Å². The molecule has 1 aliphatic carbocycles. The Morgan fingerprint density at radius 1 is 0.828 bits per heavy atom. The van der Waals surface area contributed by atoms with Crippen molar-refractivity contribution < 1.29 is 29.0 Å². The van der Waals surface area contributed by atoms with Gasteiger partial charge in [-0.3, -0.25) is 14.4 Å². The molecule has 0 radical (unpaired) electrons. The number of ether oxygens (including phenoxy) is 2. The van der Waals surface area contributed by atoms with Gasteiger partial charge in [0, 0.05) is 32.1 Å². The van der Waals surface area contributed by atoms with Gasteiger partial charge in [0.2, 0.25) is 0 Å². The Hall–Kier alpha value is -2.99. The van der Waals surface area contributed by atoms with Crippen LogP contribution >= 0.6 is 0 Å². The van der Waals surface area contributed by atoms with Crippen LogP contribution in [0.3, 0.4) is 0 Å². The largest absolute Gasteiger partial charge is 0.422 e. The maximum absolute atomic E-state index is 13.5. The number of benzene rings is 2. The zero-order chi connectivity index (χ0) is 20.8. The molecule has 2 fully saturated rings. The predicted octanol–water partition coefficient (Wildman–Crippen LogP) is 2.71. The maximum atomic E-state index is 13.5. The Morgan fingerprint density at radius 3 is 1.83 bits per heavy atom. The summed E-state index contributed by atoms with van der Waals surface area (Å²) in [4.78, 5) is 39.7. The molecule has 0 bridgehead atoms. The number of aliphatic hydroxyl groups excluding tert-OH is 1. The number of aliphatic hydroxyl groups is 1. The molecule has 6 heteroatoms. The van der Waals surface area contributed by atoms with Gasteiger partial charge in [0.05, 0.1) is 0 Å². The fourth-order valence-electron chi connectivity index (χ4n) is 4.56. The van der Waals surface area contributed by atoms with E-state index >= 15 is 0 Å². The molecule has 0 unspecified atom stereocenters. The van der Waals surface area contributed by atoms with Crippen molar-refractivity contribution in [3.63, 3.8) is 0 Å². The van der Waals surface area contributed by atoms with Crippen molar-refractivity contribution in [1.29, 1.82) is 0 Å². The van der Waals surface area contributed by atoms with E-state index in [4.69, 9.17) is 9.47 Å². The van der Waals surface area contributed by atoms with E-state index in [-0.39, 0.29) is 6.42 Å². The first-order valence-electron chi connectivity index (χ1n) is 9.55. The quantitative estimate of drug-likeness (QED) is 0.622. The van der Waals surface area contributed by atoms with E-state index < -0.39 is 46.9 Å². The molecule has 0 aromatic heterocycles. The number of cyclic esters (lactones) is 2. The van der Waals surface area contributed by atoms with Crippen LogP contribution < -0.4 is 0 Å². The molecule has 29 heavy (non-hydrogen) atoms. The third-order valence-electron chi connectivity index (χ3n) is 5.80. The van der Waals surface area contributed by atoms with Crippen LogP contribution in [-0.4, -0.2) is 34.7 Å². The Kier molecular flexibility index (Phi) is 4.54. The number of rotatable bonds is 2. The number of Topliss-reactive ketones (excluding diaryl/α,β-unsaturated/α-hetero) is 1. The summed E-state index contributed by atoms with van der Waals surface area (Å²) in [5.41, 5.74) is -0.726. The number of ketones is 1. The second kappa shape index (κ2) is 6.81. The van der Waals surface area contributed by atoms with Gasteiger partial charge in [-0.15, -0.1) is 0 Å². The highest BCUT2D eigenvalue weighted by molar-refractivity contribution is 6.07. The Labute approximate surface area is 168 Å². The standard InChI is InChI=1S/C23H22O6/c1-22(2)28-20(26)23(21(27)29-22)16(14-9-5-3-6-10-14)13-17(24)19(25)18(23)15-11-7-4-8-12-15/h3-12,16,18-19,25H,13H2,1-2H3/t16-,18-,19+/m1/s1. The number of hydrogen-bond acceptors (Lipinski definition) is 6. The highest BCUT2D eigenvalue weighted by Crippen LogP contribution is 2.57. The third-order valence-corrected chi connectivity index (χ3v) is 5.80. The summed E-state index contributed by atoms with van der Waals surface area (Å²) in [6, 6.07) is 17.5. The minimum Gasteiger partial charge on any atom is -0.422 e. The zero-order valence-corrected chi connectivity index (χ0v) is 16.2. The number of hydrogen-bond donors (Lipinski definition) is 1. The molecule has 1 N–H and O–H groups in total. The number of carbonyl (C=O) groups excluding carboxylic acids is 3.